The van der Waals surface area contributed by atoms with Gasteiger partial charge in [0.05, 0.1) is 17.7 Å². The highest BCUT2D eigenvalue weighted by Crippen LogP contribution is 2.37. The maximum Gasteiger partial charge on any atom is 0.436 e. The number of fused-ring (bicyclic) bond motifs is 1. The van der Waals surface area contributed by atoms with E-state index in [4.69, 9.17) is 19.7 Å². The maximum atomic E-state index is 13.1. The van der Waals surface area contributed by atoms with E-state index in [0.717, 1.165) is 35.5 Å². The summed E-state index contributed by atoms with van der Waals surface area (Å²) >= 11 is 0. The molecule has 8 nitrogen and oxygen atoms in total. The van der Waals surface area contributed by atoms with E-state index < -0.39 is 11.9 Å². The molecule has 34 heavy (non-hydrogen) atoms. The molecule has 2 aromatic carbocycles. The summed E-state index contributed by atoms with van der Waals surface area (Å²) in [5, 5.41) is 4.86. The van der Waals surface area contributed by atoms with Crippen molar-refractivity contribution in [2.45, 2.75) is 19.9 Å². The predicted octanol–water partition coefficient (Wildman–Crippen LogP) is 4.71. The number of rotatable bonds is 9. The molecule has 2 aromatic heterocycles. The zero-order valence-electron chi connectivity index (χ0n) is 18.7. The summed E-state index contributed by atoms with van der Waals surface area (Å²) in [7, 11) is 0. The number of hydrazine groups is 1. The average Bonchev–Trinajstić information content (AvgIpc) is 3.17. The van der Waals surface area contributed by atoms with Gasteiger partial charge in [0.1, 0.15) is 17.1 Å². The van der Waals surface area contributed by atoms with Gasteiger partial charge in [-0.05, 0) is 67.9 Å². The zero-order chi connectivity index (χ0) is 23.9. The number of furan rings is 1. The van der Waals surface area contributed by atoms with Crippen molar-refractivity contribution in [2.75, 3.05) is 18.2 Å². The minimum absolute atomic E-state index is 0.0201. The lowest BCUT2D eigenvalue weighted by molar-refractivity contribution is 0.195. The summed E-state index contributed by atoms with van der Waals surface area (Å²) in [6.45, 7) is 3.80. The smallest absolute Gasteiger partial charge is 0.436 e. The molecule has 0 saturated heterocycles. The lowest BCUT2D eigenvalue weighted by Crippen LogP contribution is -2.39. The van der Waals surface area contributed by atoms with Crippen molar-refractivity contribution in [2.24, 2.45) is 5.84 Å². The SMILES string of the molecule is Cc1c(OC(=O)N(N)c2ccc(F)cc2)oc2cccc(OCCCNCc3cccnc3)c12. The average molecular weight is 464 g/mol. The second-order valence-corrected chi connectivity index (χ2v) is 7.60. The first-order valence-electron chi connectivity index (χ1n) is 10.8. The summed E-state index contributed by atoms with van der Waals surface area (Å²) in [6, 6.07) is 14.5. The Balaban J connectivity index is 1.35. The standard InChI is InChI=1S/C25H25FN4O4/c1-17-23-21(32-14-4-13-29-16-18-5-3-12-28-15-18)6-2-7-22(23)33-24(17)34-25(31)30(27)20-10-8-19(26)9-11-20/h2-3,5-12,15,29H,4,13-14,16,27H2,1H3. The number of aryl methyl sites for hydroxylation is 1. The number of carbonyl (C=O) groups is 1. The van der Waals surface area contributed by atoms with Crippen molar-refractivity contribution in [3.8, 4) is 11.7 Å². The molecule has 3 N–H and O–H groups in total. The lowest BCUT2D eigenvalue weighted by Gasteiger charge is -2.15. The van der Waals surface area contributed by atoms with Crippen LogP contribution in [0.25, 0.3) is 11.0 Å². The number of pyridine rings is 1. The van der Waals surface area contributed by atoms with Crippen LogP contribution >= 0.6 is 0 Å². The topological polar surface area (TPSA) is 103 Å². The van der Waals surface area contributed by atoms with Gasteiger partial charge in [0.15, 0.2) is 0 Å². The Bertz CT molecular complexity index is 1250. The molecule has 0 bridgehead atoms. The summed E-state index contributed by atoms with van der Waals surface area (Å²) in [6.07, 6.45) is 3.52. The first-order chi connectivity index (χ1) is 16.5. The molecule has 176 valence electrons. The quantitative estimate of drug-likeness (QED) is 0.160. The monoisotopic (exact) mass is 464 g/mol. The highest BCUT2D eigenvalue weighted by molar-refractivity contribution is 5.92. The second-order valence-electron chi connectivity index (χ2n) is 7.60. The van der Waals surface area contributed by atoms with Gasteiger partial charge in [0.2, 0.25) is 0 Å². The number of ether oxygens (including phenoxy) is 2. The van der Waals surface area contributed by atoms with Crippen molar-refractivity contribution in [1.29, 1.82) is 0 Å². The van der Waals surface area contributed by atoms with Crippen LogP contribution in [-0.2, 0) is 6.54 Å². The van der Waals surface area contributed by atoms with Gasteiger partial charge in [-0.25, -0.2) is 20.0 Å². The van der Waals surface area contributed by atoms with E-state index >= 15 is 0 Å². The van der Waals surface area contributed by atoms with E-state index in [1.807, 2.05) is 24.4 Å². The van der Waals surface area contributed by atoms with E-state index in [1.165, 1.54) is 24.3 Å². The number of nitrogens with two attached hydrogens (primary N) is 1. The normalized spacial score (nSPS) is 10.9. The minimum atomic E-state index is -0.865. The van der Waals surface area contributed by atoms with Gasteiger partial charge in [0, 0.05) is 24.5 Å². The number of anilines is 1. The molecular weight excluding hydrogens is 439 g/mol. The van der Waals surface area contributed by atoms with Crippen molar-refractivity contribution in [1.82, 2.24) is 10.3 Å². The van der Waals surface area contributed by atoms with Crippen LogP contribution in [0.1, 0.15) is 17.5 Å². The Morgan fingerprint density at radius 3 is 2.76 bits per heavy atom. The number of amides is 1. The van der Waals surface area contributed by atoms with Crippen LogP contribution in [0.4, 0.5) is 14.9 Å². The largest absolute Gasteiger partial charge is 0.493 e. The second kappa shape index (κ2) is 10.8. The molecule has 0 aliphatic rings. The Morgan fingerprint density at radius 1 is 1.18 bits per heavy atom. The van der Waals surface area contributed by atoms with Crippen LogP contribution in [0, 0.1) is 12.7 Å². The molecule has 0 unspecified atom stereocenters. The summed E-state index contributed by atoms with van der Waals surface area (Å²) in [5.74, 6) is 6.03. The molecule has 0 atom stereocenters. The fourth-order valence-corrected chi connectivity index (χ4v) is 3.41. The summed E-state index contributed by atoms with van der Waals surface area (Å²) < 4.78 is 30.2. The van der Waals surface area contributed by atoms with Gasteiger partial charge in [-0.2, -0.15) is 0 Å². The number of benzene rings is 2. The number of halogens is 1. The highest BCUT2D eigenvalue weighted by Gasteiger charge is 2.21. The molecule has 2 heterocycles. The Morgan fingerprint density at radius 2 is 2.00 bits per heavy atom. The van der Waals surface area contributed by atoms with E-state index in [9.17, 15) is 9.18 Å². The van der Waals surface area contributed by atoms with Gasteiger partial charge in [-0.1, -0.05) is 12.1 Å². The fraction of sp³-hybridized carbons (Fsp3) is 0.200. The predicted molar refractivity (Wildman–Crippen MR) is 126 cm³/mol. The molecule has 4 rings (SSSR count). The number of nitrogens with one attached hydrogen (secondary N) is 1. The van der Waals surface area contributed by atoms with E-state index in [1.54, 1.807) is 25.3 Å². The molecule has 4 aromatic rings. The third-order valence-corrected chi connectivity index (χ3v) is 5.16. The lowest BCUT2D eigenvalue weighted by atomic mass is 10.1. The van der Waals surface area contributed by atoms with Crippen LogP contribution in [0.15, 0.2) is 71.4 Å². The molecule has 0 spiro atoms. The van der Waals surface area contributed by atoms with Crippen LogP contribution in [0.3, 0.4) is 0 Å². The first-order valence-corrected chi connectivity index (χ1v) is 10.8. The number of hydrogen-bond donors (Lipinski definition) is 2. The Kier molecular flexibility index (Phi) is 7.36. The molecule has 0 aliphatic heterocycles. The molecule has 0 saturated carbocycles. The van der Waals surface area contributed by atoms with E-state index in [0.29, 0.717) is 23.5 Å². The number of hydrogen-bond acceptors (Lipinski definition) is 7. The van der Waals surface area contributed by atoms with Gasteiger partial charge in [0.25, 0.3) is 5.95 Å². The number of nitrogens with zero attached hydrogens (tertiary/aromatic N) is 2. The van der Waals surface area contributed by atoms with Crippen LogP contribution in [-0.4, -0.2) is 24.2 Å². The minimum Gasteiger partial charge on any atom is -0.493 e. The van der Waals surface area contributed by atoms with Crippen LogP contribution < -0.4 is 25.6 Å². The van der Waals surface area contributed by atoms with Gasteiger partial charge in [-0.15, -0.1) is 0 Å². The fourth-order valence-electron chi connectivity index (χ4n) is 3.41. The van der Waals surface area contributed by atoms with Gasteiger partial charge >= 0.3 is 6.09 Å². The van der Waals surface area contributed by atoms with Crippen molar-refractivity contribution in [3.63, 3.8) is 0 Å². The number of aromatic nitrogens is 1. The van der Waals surface area contributed by atoms with E-state index in [2.05, 4.69) is 10.3 Å². The van der Waals surface area contributed by atoms with Crippen molar-refractivity contribution < 1.29 is 23.1 Å². The molecular formula is C25H25FN4O4. The Labute approximate surface area is 196 Å². The molecule has 0 aliphatic carbocycles. The molecule has 1 amide bonds. The third-order valence-electron chi connectivity index (χ3n) is 5.16. The molecule has 0 radical (unpaired) electrons. The van der Waals surface area contributed by atoms with Crippen molar-refractivity contribution in [3.05, 3.63) is 83.9 Å². The Hall–Kier alpha value is -3.95. The number of carbonyl (C=O) groups excluding carboxylic acids is 1. The maximum absolute atomic E-state index is 13.1. The molecule has 0 fully saturated rings. The highest BCUT2D eigenvalue weighted by atomic mass is 19.1. The zero-order valence-corrected chi connectivity index (χ0v) is 18.7. The van der Waals surface area contributed by atoms with E-state index in [-0.39, 0.29) is 11.6 Å². The van der Waals surface area contributed by atoms with Crippen LogP contribution in [0.5, 0.6) is 11.7 Å². The summed E-state index contributed by atoms with van der Waals surface area (Å²) in [4.78, 5) is 16.6. The van der Waals surface area contributed by atoms with Gasteiger partial charge in [-0.3, -0.25) is 4.98 Å². The molecule has 9 heteroatoms. The first kappa shape index (κ1) is 23.2. The van der Waals surface area contributed by atoms with Gasteiger partial charge < -0.3 is 19.2 Å². The summed E-state index contributed by atoms with van der Waals surface area (Å²) in [5.41, 5.74) is 2.54. The third kappa shape index (κ3) is 5.51. The van der Waals surface area contributed by atoms with Crippen LogP contribution in [0.2, 0.25) is 0 Å². The van der Waals surface area contributed by atoms with Crippen molar-refractivity contribution >= 4 is 22.7 Å².